The van der Waals surface area contributed by atoms with E-state index in [1.165, 1.54) is 24.3 Å². The number of hydrogen-bond donors (Lipinski definition) is 1. The normalized spacial score (nSPS) is 11.0. The van der Waals surface area contributed by atoms with Crippen LogP contribution in [0.15, 0.2) is 47.5 Å². The molecule has 0 aliphatic heterocycles. The lowest BCUT2D eigenvalue weighted by Gasteiger charge is -2.05. The number of nitrogens with two attached hydrogens (primary N) is 1. The molecular weight excluding hydrogens is 298 g/mol. The van der Waals surface area contributed by atoms with Gasteiger partial charge in [0.1, 0.15) is 0 Å². The van der Waals surface area contributed by atoms with Gasteiger partial charge in [-0.15, -0.1) is 0 Å². The molecule has 0 atom stereocenters. The predicted molar refractivity (Wildman–Crippen MR) is 73.3 cm³/mol. The summed E-state index contributed by atoms with van der Waals surface area (Å²) >= 11 is 0. The largest absolute Gasteiger partial charge is 0.378 e. The first-order valence-electron chi connectivity index (χ1n) is 5.59. The number of nitro groups is 1. The highest BCUT2D eigenvalue weighted by atomic mass is 32.2. The molecule has 0 radical (unpaired) electrons. The lowest BCUT2D eigenvalue weighted by Crippen LogP contribution is -2.17. The maximum atomic E-state index is 12.3. The molecule has 1 aromatic carbocycles. The quantitative estimate of drug-likeness (QED) is 0.664. The van der Waals surface area contributed by atoms with E-state index >= 15 is 0 Å². The zero-order chi connectivity index (χ0) is 15.6. The Hall–Kier alpha value is -2.81. The second-order valence-electron chi connectivity index (χ2n) is 3.96. The van der Waals surface area contributed by atoms with Gasteiger partial charge in [-0.1, -0.05) is 30.3 Å². The smallest absolute Gasteiger partial charge is 0.330 e. The zero-order valence-electron chi connectivity index (χ0n) is 10.5. The van der Waals surface area contributed by atoms with Gasteiger partial charge in [-0.2, -0.15) is 0 Å². The fraction of sp³-hybridized carbons (Fsp3) is 0. The molecule has 0 bridgehead atoms. The first kappa shape index (κ1) is 14.6. The van der Waals surface area contributed by atoms with E-state index in [2.05, 4.69) is 4.98 Å². The fourth-order valence-electron chi connectivity index (χ4n) is 1.68. The number of aromatic nitrogens is 1. The number of hydrogen-bond acceptors (Lipinski definition) is 7. The molecule has 21 heavy (non-hydrogen) atoms. The summed E-state index contributed by atoms with van der Waals surface area (Å²) in [5, 5.41) is 9.72. The first-order chi connectivity index (χ1) is 9.85. The van der Waals surface area contributed by atoms with Crippen molar-refractivity contribution < 1.29 is 18.1 Å². The molecule has 0 saturated carbocycles. The third-order valence-electron chi connectivity index (χ3n) is 2.64. The molecule has 1 aromatic heterocycles. The Bertz CT molecular complexity index is 818. The van der Waals surface area contributed by atoms with E-state index in [1.807, 2.05) is 0 Å². The summed E-state index contributed by atoms with van der Waals surface area (Å²) in [7, 11) is -4.59. The van der Waals surface area contributed by atoms with Gasteiger partial charge in [0.15, 0.2) is 4.90 Å². The lowest BCUT2D eigenvalue weighted by molar-refractivity contribution is -0.387. The van der Waals surface area contributed by atoms with Crippen LogP contribution in [-0.2, 0) is 9.84 Å². The van der Waals surface area contributed by atoms with Crippen molar-refractivity contribution in [1.29, 1.82) is 0 Å². The summed E-state index contributed by atoms with van der Waals surface area (Å²) in [6.45, 7) is 0. The highest BCUT2D eigenvalue weighted by Crippen LogP contribution is 2.30. The number of carbonyl (C=O) groups excluding carboxylic acids is 1. The Morgan fingerprint density at radius 2 is 1.81 bits per heavy atom. The van der Waals surface area contributed by atoms with Gasteiger partial charge >= 0.3 is 5.69 Å². The van der Waals surface area contributed by atoms with Crippen LogP contribution in [0, 0.1) is 10.1 Å². The maximum absolute atomic E-state index is 12.3. The summed E-state index contributed by atoms with van der Waals surface area (Å²) in [4.78, 5) is 24.8. The third-order valence-corrected chi connectivity index (χ3v) is 4.27. The van der Waals surface area contributed by atoms with E-state index in [1.54, 1.807) is 6.07 Å². The SMILES string of the molecule is Nc1nccc(S(=O)(=O)C(=O)c2ccccc2)c1[N+](=O)[O-]. The Kier molecular flexibility index (Phi) is 3.68. The second-order valence-corrected chi connectivity index (χ2v) is 5.77. The van der Waals surface area contributed by atoms with Gasteiger partial charge in [-0.3, -0.25) is 14.9 Å². The van der Waals surface area contributed by atoms with Gasteiger partial charge in [-0.05, 0) is 6.07 Å². The number of benzene rings is 1. The summed E-state index contributed by atoms with van der Waals surface area (Å²) in [5.41, 5.74) is 4.33. The van der Waals surface area contributed by atoms with Crippen LogP contribution in [-0.4, -0.2) is 23.4 Å². The van der Waals surface area contributed by atoms with Crippen molar-refractivity contribution in [3.8, 4) is 0 Å². The number of pyridine rings is 1. The van der Waals surface area contributed by atoms with Crippen LogP contribution in [0.4, 0.5) is 11.5 Å². The van der Waals surface area contributed by atoms with Crippen molar-refractivity contribution in [1.82, 2.24) is 4.98 Å². The number of carbonyl (C=O) groups is 1. The average molecular weight is 307 g/mol. The highest BCUT2D eigenvalue weighted by molar-refractivity contribution is 8.06. The van der Waals surface area contributed by atoms with Crippen molar-refractivity contribution in [2.75, 3.05) is 5.73 Å². The van der Waals surface area contributed by atoms with Gasteiger partial charge in [-0.25, -0.2) is 13.4 Å². The van der Waals surface area contributed by atoms with Crippen LogP contribution in [0.3, 0.4) is 0 Å². The molecule has 0 spiro atoms. The lowest BCUT2D eigenvalue weighted by atomic mass is 10.2. The third kappa shape index (κ3) is 2.58. The van der Waals surface area contributed by atoms with Crippen LogP contribution in [0.25, 0.3) is 0 Å². The van der Waals surface area contributed by atoms with Gasteiger partial charge in [0.2, 0.25) is 5.82 Å². The van der Waals surface area contributed by atoms with Gasteiger partial charge in [0.25, 0.3) is 15.0 Å². The average Bonchev–Trinajstić information content (AvgIpc) is 2.46. The van der Waals surface area contributed by atoms with Crippen molar-refractivity contribution in [3.63, 3.8) is 0 Å². The number of nitrogens with zero attached hydrogens (tertiary/aromatic N) is 2. The van der Waals surface area contributed by atoms with Crippen LogP contribution in [0.2, 0.25) is 0 Å². The molecule has 9 heteroatoms. The molecule has 0 fully saturated rings. The minimum Gasteiger partial charge on any atom is -0.378 e. The molecule has 0 aliphatic rings. The molecule has 2 rings (SSSR count). The molecular formula is C12H9N3O5S. The van der Waals surface area contributed by atoms with Crippen molar-refractivity contribution in [3.05, 3.63) is 58.3 Å². The Balaban J connectivity index is 2.64. The first-order valence-corrected chi connectivity index (χ1v) is 7.07. The van der Waals surface area contributed by atoms with E-state index < -0.39 is 36.3 Å². The standard InChI is InChI=1S/C12H9N3O5S/c13-11-10(15(17)18)9(6-7-14-11)21(19,20)12(16)8-4-2-1-3-5-8/h1-7H,(H2,13,14). The molecule has 1 heterocycles. The zero-order valence-corrected chi connectivity index (χ0v) is 11.3. The minimum atomic E-state index is -4.59. The molecule has 0 unspecified atom stereocenters. The number of sulfone groups is 1. The maximum Gasteiger partial charge on any atom is 0.330 e. The van der Waals surface area contributed by atoms with E-state index in [9.17, 15) is 23.3 Å². The van der Waals surface area contributed by atoms with E-state index in [0.29, 0.717) is 0 Å². The molecule has 8 nitrogen and oxygen atoms in total. The highest BCUT2D eigenvalue weighted by Gasteiger charge is 2.35. The summed E-state index contributed by atoms with van der Waals surface area (Å²) < 4.78 is 24.5. The van der Waals surface area contributed by atoms with Crippen LogP contribution in [0.5, 0.6) is 0 Å². The van der Waals surface area contributed by atoms with Gasteiger partial charge in [0, 0.05) is 11.8 Å². The predicted octanol–water partition coefficient (Wildman–Crippen LogP) is 1.19. The number of anilines is 1. The summed E-state index contributed by atoms with van der Waals surface area (Å²) in [6.07, 6.45) is 0.994. The second kappa shape index (κ2) is 5.29. The molecule has 2 aromatic rings. The van der Waals surface area contributed by atoms with Gasteiger partial charge in [0.05, 0.1) is 4.92 Å². The summed E-state index contributed by atoms with van der Waals surface area (Å²) in [5.74, 6) is -0.568. The Morgan fingerprint density at radius 3 is 2.38 bits per heavy atom. The molecule has 0 aliphatic carbocycles. The van der Waals surface area contributed by atoms with Crippen LogP contribution < -0.4 is 5.73 Å². The monoisotopic (exact) mass is 307 g/mol. The van der Waals surface area contributed by atoms with Crippen molar-refractivity contribution in [2.45, 2.75) is 4.90 Å². The Labute approximate surface area is 119 Å². The molecule has 2 N–H and O–H groups in total. The molecule has 0 amide bonds. The fourth-order valence-corrected chi connectivity index (χ4v) is 3.00. The summed E-state index contributed by atoms with van der Waals surface area (Å²) in [6, 6.07) is 8.06. The molecule has 108 valence electrons. The van der Waals surface area contributed by atoms with Gasteiger partial charge < -0.3 is 5.73 Å². The van der Waals surface area contributed by atoms with Crippen molar-refractivity contribution >= 4 is 26.5 Å². The topological polar surface area (TPSA) is 133 Å². The molecule has 0 saturated heterocycles. The van der Waals surface area contributed by atoms with E-state index in [0.717, 1.165) is 12.3 Å². The minimum absolute atomic E-state index is 0.0952. The van der Waals surface area contributed by atoms with E-state index in [-0.39, 0.29) is 5.56 Å². The number of rotatable bonds is 3. The van der Waals surface area contributed by atoms with Crippen LogP contribution in [0.1, 0.15) is 10.4 Å². The number of nitrogen functional groups attached to an aromatic ring is 1. The Morgan fingerprint density at radius 1 is 1.19 bits per heavy atom. The van der Waals surface area contributed by atoms with Crippen molar-refractivity contribution in [2.24, 2.45) is 0 Å². The van der Waals surface area contributed by atoms with E-state index in [4.69, 9.17) is 5.73 Å². The van der Waals surface area contributed by atoms with Crippen LogP contribution >= 0.6 is 0 Å².